The Hall–Kier alpha value is -3.75. The summed E-state index contributed by atoms with van der Waals surface area (Å²) in [5, 5.41) is 2.74. The number of nitrogens with one attached hydrogen (secondary N) is 1. The summed E-state index contributed by atoms with van der Waals surface area (Å²) in [7, 11) is 0. The minimum Gasteiger partial charge on any atom is -0.462 e. The van der Waals surface area contributed by atoms with E-state index >= 15 is 0 Å². The standard InChI is InChI=1S/C21H21N3O6/c1-2-28-20(26)14-3-5-15(6-4-14)22-19(25)12-23-9-10-24(21(23)27)16-7-8-17-18(11-16)30-13-29-17/h3-8,11H,2,9-10,12-13H2,1H3,(H,22,25). The largest absolute Gasteiger partial charge is 0.462 e. The number of benzene rings is 2. The molecular formula is C21H21N3O6. The normalized spacial score (nSPS) is 14.8. The lowest BCUT2D eigenvalue weighted by Gasteiger charge is -2.18. The van der Waals surface area contributed by atoms with Crippen LogP contribution < -0.4 is 19.7 Å². The van der Waals surface area contributed by atoms with Gasteiger partial charge in [0.15, 0.2) is 11.5 Å². The second-order valence-electron chi connectivity index (χ2n) is 6.74. The molecule has 2 aromatic rings. The molecule has 3 amide bonds. The van der Waals surface area contributed by atoms with Crippen LogP contribution in [-0.4, -0.2) is 55.8 Å². The first-order chi connectivity index (χ1) is 14.5. The quantitative estimate of drug-likeness (QED) is 0.734. The fourth-order valence-corrected chi connectivity index (χ4v) is 3.30. The van der Waals surface area contributed by atoms with Gasteiger partial charge in [0.25, 0.3) is 0 Å². The van der Waals surface area contributed by atoms with Gasteiger partial charge in [-0.05, 0) is 43.3 Å². The van der Waals surface area contributed by atoms with Crippen molar-refractivity contribution >= 4 is 29.3 Å². The van der Waals surface area contributed by atoms with Gasteiger partial charge < -0.3 is 24.4 Å². The average Bonchev–Trinajstić information content (AvgIpc) is 3.35. The van der Waals surface area contributed by atoms with Crippen LogP contribution in [0.4, 0.5) is 16.2 Å². The average molecular weight is 411 g/mol. The van der Waals surface area contributed by atoms with Gasteiger partial charge in [0, 0.05) is 30.5 Å². The molecule has 2 heterocycles. The second kappa shape index (κ2) is 8.32. The molecular weight excluding hydrogens is 390 g/mol. The van der Waals surface area contributed by atoms with Gasteiger partial charge in [-0.15, -0.1) is 0 Å². The molecule has 1 saturated heterocycles. The summed E-state index contributed by atoms with van der Waals surface area (Å²) in [6, 6.07) is 11.5. The summed E-state index contributed by atoms with van der Waals surface area (Å²) in [5.74, 6) is 0.514. The van der Waals surface area contributed by atoms with Crippen molar-refractivity contribution in [3.8, 4) is 11.5 Å². The van der Waals surface area contributed by atoms with Gasteiger partial charge in [-0.2, -0.15) is 0 Å². The Morgan fingerprint density at radius 3 is 2.60 bits per heavy atom. The Morgan fingerprint density at radius 1 is 1.07 bits per heavy atom. The van der Waals surface area contributed by atoms with E-state index in [1.807, 2.05) is 0 Å². The summed E-state index contributed by atoms with van der Waals surface area (Å²) in [4.78, 5) is 39.9. The maximum atomic E-state index is 12.7. The van der Waals surface area contributed by atoms with Crippen molar-refractivity contribution in [2.24, 2.45) is 0 Å². The fraction of sp³-hybridized carbons (Fsp3) is 0.286. The molecule has 0 radical (unpaired) electrons. The van der Waals surface area contributed by atoms with Crippen molar-refractivity contribution in [3.63, 3.8) is 0 Å². The van der Waals surface area contributed by atoms with Gasteiger partial charge >= 0.3 is 12.0 Å². The highest BCUT2D eigenvalue weighted by atomic mass is 16.7. The third kappa shape index (κ3) is 4.00. The topological polar surface area (TPSA) is 97.4 Å². The minimum atomic E-state index is -0.415. The third-order valence-electron chi connectivity index (χ3n) is 4.78. The van der Waals surface area contributed by atoms with Gasteiger partial charge in [0.1, 0.15) is 6.54 Å². The molecule has 0 atom stereocenters. The lowest BCUT2D eigenvalue weighted by molar-refractivity contribution is -0.116. The molecule has 0 aliphatic carbocycles. The molecule has 2 aliphatic rings. The SMILES string of the molecule is CCOC(=O)c1ccc(NC(=O)CN2CCN(c3ccc4c(c3)OCO4)C2=O)cc1. The summed E-state index contributed by atoms with van der Waals surface area (Å²) in [6.07, 6.45) is 0. The van der Waals surface area contributed by atoms with Crippen LogP contribution in [0, 0.1) is 0 Å². The number of nitrogens with zero attached hydrogens (tertiary/aromatic N) is 2. The van der Waals surface area contributed by atoms with Crippen LogP contribution in [0.25, 0.3) is 0 Å². The van der Waals surface area contributed by atoms with E-state index in [0.29, 0.717) is 48.1 Å². The van der Waals surface area contributed by atoms with Crippen molar-refractivity contribution in [1.29, 1.82) is 0 Å². The van der Waals surface area contributed by atoms with Crippen molar-refractivity contribution in [1.82, 2.24) is 4.90 Å². The van der Waals surface area contributed by atoms with Gasteiger partial charge in [-0.3, -0.25) is 9.69 Å². The molecule has 9 heteroatoms. The molecule has 0 unspecified atom stereocenters. The molecule has 0 saturated carbocycles. The molecule has 2 aromatic carbocycles. The van der Waals surface area contributed by atoms with Crippen LogP contribution >= 0.6 is 0 Å². The number of anilines is 2. The fourth-order valence-electron chi connectivity index (χ4n) is 3.30. The number of hydrogen-bond acceptors (Lipinski definition) is 6. The van der Waals surface area contributed by atoms with Gasteiger partial charge in [-0.1, -0.05) is 0 Å². The third-order valence-corrected chi connectivity index (χ3v) is 4.78. The highest BCUT2D eigenvalue weighted by molar-refractivity contribution is 5.99. The Balaban J connectivity index is 1.34. The zero-order valence-electron chi connectivity index (χ0n) is 16.4. The van der Waals surface area contributed by atoms with Crippen LogP contribution in [0.2, 0.25) is 0 Å². The molecule has 30 heavy (non-hydrogen) atoms. The van der Waals surface area contributed by atoms with Gasteiger partial charge in [-0.25, -0.2) is 9.59 Å². The zero-order chi connectivity index (χ0) is 21.1. The highest BCUT2D eigenvalue weighted by Gasteiger charge is 2.31. The van der Waals surface area contributed by atoms with E-state index in [-0.39, 0.29) is 25.3 Å². The van der Waals surface area contributed by atoms with Gasteiger partial charge in [0.2, 0.25) is 12.7 Å². The van der Waals surface area contributed by atoms with E-state index in [1.165, 1.54) is 4.90 Å². The molecule has 9 nitrogen and oxygen atoms in total. The maximum absolute atomic E-state index is 12.7. The maximum Gasteiger partial charge on any atom is 0.338 e. The van der Waals surface area contributed by atoms with Crippen molar-refractivity contribution in [2.75, 3.05) is 43.3 Å². The second-order valence-corrected chi connectivity index (χ2v) is 6.74. The van der Waals surface area contributed by atoms with Crippen LogP contribution in [0.5, 0.6) is 11.5 Å². The zero-order valence-corrected chi connectivity index (χ0v) is 16.4. The lowest BCUT2D eigenvalue weighted by atomic mass is 10.2. The van der Waals surface area contributed by atoms with E-state index in [9.17, 15) is 14.4 Å². The Kier molecular flexibility index (Phi) is 5.42. The van der Waals surface area contributed by atoms with Crippen molar-refractivity contribution in [3.05, 3.63) is 48.0 Å². The molecule has 1 fully saturated rings. The van der Waals surface area contributed by atoms with Gasteiger partial charge in [0.05, 0.1) is 12.2 Å². The van der Waals surface area contributed by atoms with E-state index in [1.54, 1.807) is 54.3 Å². The van der Waals surface area contributed by atoms with E-state index in [0.717, 1.165) is 0 Å². The first-order valence-corrected chi connectivity index (χ1v) is 9.58. The molecule has 0 spiro atoms. The number of esters is 1. The van der Waals surface area contributed by atoms with Crippen LogP contribution in [-0.2, 0) is 9.53 Å². The Morgan fingerprint density at radius 2 is 1.83 bits per heavy atom. The smallest absolute Gasteiger partial charge is 0.338 e. The van der Waals surface area contributed by atoms with Crippen molar-refractivity contribution in [2.45, 2.75) is 6.92 Å². The number of rotatable bonds is 6. The summed E-state index contributed by atoms with van der Waals surface area (Å²) in [6.45, 7) is 3.03. The minimum absolute atomic E-state index is 0.0699. The Labute approximate surface area is 173 Å². The number of amides is 3. The van der Waals surface area contributed by atoms with E-state index in [4.69, 9.17) is 14.2 Å². The first kappa shape index (κ1) is 19.6. The monoisotopic (exact) mass is 411 g/mol. The molecule has 1 N–H and O–H groups in total. The number of fused-ring (bicyclic) bond motifs is 1. The van der Waals surface area contributed by atoms with E-state index < -0.39 is 5.97 Å². The highest BCUT2D eigenvalue weighted by Crippen LogP contribution is 2.36. The molecule has 0 aromatic heterocycles. The Bertz CT molecular complexity index is 975. The number of carbonyl (C=O) groups excluding carboxylic acids is 3. The van der Waals surface area contributed by atoms with Crippen molar-refractivity contribution < 1.29 is 28.6 Å². The number of hydrogen-bond donors (Lipinski definition) is 1. The molecule has 4 rings (SSSR count). The van der Waals surface area contributed by atoms with Crippen LogP contribution in [0.3, 0.4) is 0 Å². The lowest BCUT2D eigenvalue weighted by Crippen LogP contribution is -2.37. The molecule has 0 bridgehead atoms. The number of carbonyl (C=O) groups is 3. The van der Waals surface area contributed by atoms with Crippen LogP contribution in [0.15, 0.2) is 42.5 Å². The molecule has 2 aliphatic heterocycles. The van der Waals surface area contributed by atoms with E-state index in [2.05, 4.69) is 5.32 Å². The molecule has 156 valence electrons. The summed E-state index contributed by atoms with van der Waals surface area (Å²) >= 11 is 0. The predicted molar refractivity (Wildman–Crippen MR) is 108 cm³/mol. The first-order valence-electron chi connectivity index (χ1n) is 9.58. The van der Waals surface area contributed by atoms with Crippen LogP contribution in [0.1, 0.15) is 17.3 Å². The predicted octanol–water partition coefficient (Wildman–Crippen LogP) is 2.47. The summed E-state index contributed by atoms with van der Waals surface area (Å²) in [5.41, 5.74) is 1.64. The summed E-state index contributed by atoms with van der Waals surface area (Å²) < 4.78 is 15.6. The number of ether oxygens (including phenoxy) is 3. The number of urea groups is 1.